The van der Waals surface area contributed by atoms with Crippen molar-refractivity contribution in [2.45, 2.75) is 13.0 Å². The first-order chi connectivity index (χ1) is 9.45. The molecule has 0 aromatic carbocycles. The highest BCUT2D eigenvalue weighted by molar-refractivity contribution is 6.33. The molecular formula is C12H17ClN4O3. The van der Waals surface area contributed by atoms with Crippen LogP contribution in [-0.2, 0) is 9.53 Å². The van der Waals surface area contributed by atoms with E-state index in [1.54, 1.807) is 6.92 Å². The second kappa shape index (κ2) is 7.66. The first-order valence-corrected chi connectivity index (χ1v) is 6.32. The molecule has 1 atom stereocenters. The van der Waals surface area contributed by atoms with Crippen LogP contribution in [0.15, 0.2) is 12.3 Å². The Morgan fingerprint density at radius 2 is 2.25 bits per heavy atom. The Labute approximate surface area is 121 Å². The Hall–Kier alpha value is -1.86. The average molecular weight is 301 g/mol. The fourth-order valence-electron chi connectivity index (χ4n) is 1.40. The second-order valence-electron chi connectivity index (χ2n) is 4.07. The van der Waals surface area contributed by atoms with Crippen molar-refractivity contribution >= 4 is 29.2 Å². The number of hydrogen-bond acceptors (Lipinski definition) is 5. The van der Waals surface area contributed by atoms with Gasteiger partial charge in [0.25, 0.3) is 5.91 Å². The monoisotopic (exact) mass is 300 g/mol. The third kappa shape index (κ3) is 4.67. The van der Waals surface area contributed by atoms with Crippen LogP contribution >= 0.6 is 11.6 Å². The van der Waals surface area contributed by atoms with Crippen LogP contribution < -0.4 is 16.4 Å². The quantitative estimate of drug-likeness (QED) is 0.651. The van der Waals surface area contributed by atoms with E-state index in [1.807, 2.05) is 0 Å². The van der Waals surface area contributed by atoms with Gasteiger partial charge in [-0.05, 0) is 13.0 Å². The number of nitrogens with one attached hydrogen (secondary N) is 2. The van der Waals surface area contributed by atoms with E-state index >= 15 is 0 Å². The zero-order chi connectivity index (χ0) is 15.1. The summed E-state index contributed by atoms with van der Waals surface area (Å²) in [5.74, 6) is -0.621. The van der Waals surface area contributed by atoms with Crippen LogP contribution in [0.25, 0.3) is 0 Å². The number of carbonyl (C=O) groups excluding carboxylic acids is 2. The van der Waals surface area contributed by atoms with Gasteiger partial charge in [-0.1, -0.05) is 11.6 Å². The van der Waals surface area contributed by atoms with Crippen molar-refractivity contribution in [2.75, 3.05) is 26.0 Å². The molecule has 0 saturated carbocycles. The zero-order valence-corrected chi connectivity index (χ0v) is 12.0. The lowest BCUT2D eigenvalue weighted by atomic mass is 10.2. The van der Waals surface area contributed by atoms with Gasteiger partial charge in [0.15, 0.2) is 0 Å². The molecule has 1 aromatic rings. The van der Waals surface area contributed by atoms with E-state index in [2.05, 4.69) is 15.6 Å². The lowest BCUT2D eigenvalue weighted by Crippen LogP contribution is -2.45. The number of ether oxygens (including phenoxy) is 1. The highest BCUT2D eigenvalue weighted by Crippen LogP contribution is 2.16. The molecule has 8 heteroatoms. The van der Waals surface area contributed by atoms with E-state index in [4.69, 9.17) is 22.1 Å². The van der Waals surface area contributed by atoms with Gasteiger partial charge in [0.05, 0.1) is 17.2 Å². The van der Waals surface area contributed by atoms with Crippen LogP contribution in [0.4, 0.5) is 5.82 Å². The van der Waals surface area contributed by atoms with Gasteiger partial charge in [0, 0.05) is 19.9 Å². The fraction of sp³-hybridized carbons (Fsp3) is 0.417. The Balaban J connectivity index is 2.61. The molecule has 0 saturated heterocycles. The summed E-state index contributed by atoms with van der Waals surface area (Å²) in [7, 11) is 1.53. The molecule has 1 heterocycles. The van der Waals surface area contributed by atoms with Gasteiger partial charge in [0.1, 0.15) is 11.9 Å². The number of nitrogen functional groups attached to an aromatic ring is 1. The number of rotatable bonds is 6. The van der Waals surface area contributed by atoms with Crippen molar-refractivity contribution in [1.82, 2.24) is 15.6 Å². The summed E-state index contributed by atoms with van der Waals surface area (Å²) in [5.41, 5.74) is 5.67. The van der Waals surface area contributed by atoms with Gasteiger partial charge in [-0.25, -0.2) is 4.98 Å². The van der Waals surface area contributed by atoms with Crippen LogP contribution in [-0.4, -0.2) is 43.1 Å². The van der Waals surface area contributed by atoms with E-state index in [0.29, 0.717) is 13.2 Å². The van der Waals surface area contributed by atoms with E-state index in [0.717, 1.165) is 0 Å². The average Bonchev–Trinajstić information content (AvgIpc) is 2.41. The molecule has 0 bridgehead atoms. The summed E-state index contributed by atoms with van der Waals surface area (Å²) in [6.45, 7) is 2.34. The molecule has 1 aromatic heterocycles. The molecule has 0 aliphatic carbocycles. The molecule has 0 spiro atoms. The van der Waals surface area contributed by atoms with Crippen LogP contribution in [0.2, 0.25) is 5.02 Å². The number of nitrogens with zero attached hydrogens (tertiary/aromatic N) is 1. The van der Waals surface area contributed by atoms with Crippen LogP contribution in [0.5, 0.6) is 0 Å². The van der Waals surface area contributed by atoms with Crippen molar-refractivity contribution in [3.63, 3.8) is 0 Å². The lowest BCUT2D eigenvalue weighted by Gasteiger charge is -2.14. The Morgan fingerprint density at radius 3 is 2.90 bits per heavy atom. The molecule has 0 aliphatic rings. The Bertz CT molecular complexity index is 496. The van der Waals surface area contributed by atoms with E-state index in [1.165, 1.54) is 19.4 Å². The number of pyridine rings is 1. The van der Waals surface area contributed by atoms with Crippen molar-refractivity contribution in [2.24, 2.45) is 0 Å². The molecule has 7 nitrogen and oxygen atoms in total. The third-order valence-corrected chi connectivity index (χ3v) is 2.77. The molecule has 4 N–H and O–H groups in total. The van der Waals surface area contributed by atoms with Gasteiger partial charge in [-0.2, -0.15) is 0 Å². The maximum absolute atomic E-state index is 12.0. The smallest absolute Gasteiger partial charge is 0.253 e. The van der Waals surface area contributed by atoms with Crippen LogP contribution in [0.1, 0.15) is 17.3 Å². The third-order valence-electron chi connectivity index (χ3n) is 2.47. The number of carbonyl (C=O) groups is 2. The number of hydrogen-bond donors (Lipinski definition) is 3. The normalized spacial score (nSPS) is 11.8. The zero-order valence-electron chi connectivity index (χ0n) is 11.3. The topological polar surface area (TPSA) is 106 Å². The van der Waals surface area contributed by atoms with Crippen LogP contribution in [0, 0.1) is 0 Å². The summed E-state index contributed by atoms with van der Waals surface area (Å²) < 4.78 is 4.81. The van der Waals surface area contributed by atoms with Gasteiger partial charge < -0.3 is 21.1 Å². The molecule has 20 heavy (non-hydrogen) atoms. The van der Waals surface area contributed by atoms with Crippen molar-refractivity contribution in [1.29, 1.82) is 0 Å². The van der Waals surface area contributed by atoms with E-state index < -0.39 is 11.9 Å². The van der Waals surface area contributed by atoms with Gasteiger partial charge in [0.2, 0.25) is 5.91 Å². The van der Waals surface area contributed by atoms with E-state index in [-0.39, 0.29) is 22.3 Å². The van der Waals surface area contributed by atoms with Crippen molar-refractivity contribution in [3.05, 3.63) is 22.8 Å². The highest BCUT2D eigenvalue weighted by atomic mass is 35.5. The Morgan fingerprint density at radius 1 is 1.55 bits per heavy atom. The number of methoxy groups -OCH3 is 1. The molecule has 2 amide bonds. The maximum Gasteiger partial charge on any atom is 0.253 e. The Kier molecular flexibility index (Phi) is 6.20. The van der Waals surface area contributed by atoms with E-state index in [9.17, 15) is 9.59 Å². The first kappa shape index (κ1) is 16.2. The summed E-state index contributed by atoms with van der Waals surface area (Å²) in [4.78, 5) is 27.4. The van der Waals surface area contributed by atoms with Crippen LogP contribution in [0.3, 0.4) is 0 Å². The largest absolute Gasteiger partial charge is 0.384 e. The lowest BCUT2D eigenvalue weighted by molar-refractivity contribution is -0.122. The molecule has 0 radical (unpaired) electrons. The van der Waals surface area contributed by atoms with Gasteiger partial charge in [-0.15, -0.1) is 0 Å². The van der Waals surface area contributed by atoms with Gasteiger partial charge >= 0.3 is 0 Å². The number of aromatic nitrogens is 1. The predicted octanol–water partition coefficient (Wildman–Crippen LogP) is 0.198. The van der Waals surface area contributed by atoms with Gasteiger partial charge in [-0.3, -0.25) is 9.59 Å². The molecule has 0 fully saturated rings. The first-order valence-electron chi connectivity index (χ1n) is 5.94. The summed E-state index contributed by atoms with van der Waals surface area (Å²) in [6.07, 6.45) is 1.29. The molecule has 0 aliphatic heterocycles. The molecular weight excluding hydrogens is 284 g/mol. The number of anilines is 1. The fourth-order valence-corrected chi connectivity index (χ4v) is 1.59. The minimum Gasteiger partial charge on any atom is -0.384 e. The van der Waals surface area contributed by atoms with Crippen molar-refractivity contribution < 1.29 is 14.3 Å². The van der Waals surface area contributed by atoms with Crippen molar-refractivity contribution in [3.8, 4) is 0 Å². The standard InChI is InChI=1S/C12H17ClN4O3/c1-7(11(18)15-3-4-20-2)17-12(19)8-5-10(14)16-6-9(8)13/h5-7H,3-4H2,1-2H3,(H2,14,16)(H,15,18)(H,17,19). The predicted molar refractivity (Wildman–Crippen MR) is 75.5 cm³/mol. The summed E-state index contributed by atoms with van der Waals surface area (Å²) >= 11 is 5.86. The molecule has 1 unspecified atom stereocenters. The molecule has 110 valence electrons. The summed E-state index contributed by atoms with van der Waals surface area (Å²) in [6, 6.07) is 0.651. The number of nitrogens with two attached hydrogens (primary N) is 1. The minimum atomic E-state index is -0.704. The minimum absolute atomic E-state index is 0.170. The highest BCUT2D eigenvalue weighted by Gasteiger charge is 2.18. The SMILES string of the molecule is COCCNC(=O)C(C)NC(=O)c1cc(N)ncc1Cl. The molecule has 1 rings (SSSR count). The number of halogens is 1. The second-order valence-corrected chi connectivity index (χ2v) is 4.48. The number of amides is 2. The maximum atomic E-state index is 12.0. The summed E-state index contributed by atoms with van der Waals surface area (Å²) in [5, 5.41) is 5.32.